The van der Waals surface area contributed by atoms with E-state index in [2.05, 4.69) is 32.0 Å². The van der Waals surface area contributed by atoms with Crippen LogP contribution in [0.5, 0.6) is 0 Å². The van der Waals surface area contributed by atoms with Crippen molar-refractivity contribution in [2.45, 2.75) is 34.6 Å². The summed E-state index contributed by atoms with van der Waals surface area (Å²) in [5, 5.41) is 0. The van der Waals surface area contributed by atoms with Crippen molar-refractivity contribution >= 4 is 17.3 Å². The molecule has 0 amide bonds. The van der Waals surface area contributed by atoms with Crippen molar-refractivity contribution in [3.63, 3.8) is 0 Å². The van der Waals surface area contributed by atoms with Crippen LogP contribution in [0.15, 0.2) is 36.5 Å². The maximum absolute atomic E-state index is 12.3. The largest absolute Gasteiger partial charge is 0.462 e. The SMILES string of the molecule is CCOC(=O)c1cc2cc(-c3cc(C)cc(C)c3)cn2c(C(C)=O)c1C. The number of ketones is 1. The molecule has 3 aromatic rings. The van der Waals surface area contributed by atoms with Crippen LogP contribution in [0.25, 0.3) is 16.6 Å². The molecular weight excluding hydrogens is 326 g/mol. The van der Waals surface area contributed by atoms with Gasteiger partial charge in [0.2, 0.25) is 0 Å². The van der Waals surface area contributed by atoms with Crippen molar-refractivity contribution in [2.75, 3.05) is 6.61 Å². The number of Topliss-reactive ketones (excluding diaryl/α,β-unsaturated/α-hetero) is 1. The van der Waals surface area contributed by atoms with Crippen molar-refractivity contribution in [2.24, 2.45) is 0 Å². The van der Waals surface area contributed by atoms with E-state index in [4.69, 9.17) is 4.74 Å². The first kappa shape index (κ1) is 17.9. The van der Waals surface area contributed by atoms with Crippen LogP contribution in [-0.4, -0.2) is 22.8 Å². The number of esters is 1. The lowest BCUT2D eigenvalue weighted by atomic mass is 10.0. The van der Waals surface area contributed by atoms with Gasteiger partial charge in [-0.3, -0.25) is 4.79 Å². The number of nitrogens with zero attached hydrogens (tertiary/aromatic N) is 1. The lowest BCUT2D eigenvalue weighted by molar-refractivity contribution is 0.0525. The van der Waals surface area contributed by atoms with Gasteiger partial charge < -0.3 is 9.14 Å². The normalized spacial score (nSPS) is 11.0. The summed E-state index contributed by atoms with van der Waals surface area (Å²) in [6.07, 6.45) is 1.96. The number of aromatic nitrogens is 1. The summed E-state index contributed by atoms with van der Waals surface area (Å²) in [5.74, 6) is -0.481. The van der Waals surface area contributed by atoms with Gasteiger partial charge in [-0.25, -0.2) is 4.79 Å². The average Bonchev–Trinajstić information content (AvgIpc) is 2.96. The molecule has 0 unspecified atom stereocenters. The van der Waals surface area contributed by atoms with Gasteiger partial charge in [0.05, 0.1) is 17.9 Å². The molecule has 0 bridgehead atoms. The second kappa shape index (κ2) is 6.79. The molecule has 134 valence electrons. The fraction of sp³-hybridized carbons (Fsp3) is 0.273. The smallest absolute Gasteiger partial charge is 0.338 e. The van der Waals surface area contributed by atoms with Crippen molar-refractivity contribution in [3.8, 4) is 11.1 Å². The highest BCUT2D eigenvalue weighted by Gasteiger charge is 2.20. The van der Waals surface area contributed by atoms with Crippen LogP contribution in [0.1, 0.15) is 51.4 Å². The first-order valence-corrected chi connectivity index (χ1v) is 8.74. The maximum Gasteiger partial charge on any atom is 0.338 e. The van der Waals surface area contributed by atoms with E-state index >= 15 is 0 Å². The van der Waals surface area contributed by atoms with Gasteiger partial charge in [-0.2, -0.15) is 0 Å². The van der Waals surface area contributed by atoms with E-state index in [9.17, 15) is 9.59 Å². The highest BCUT2D eigenvalue weighted by molar-refractivity contribution is 6.01. The molecule has 0 aliphatic carbocycles. The molecule has 0 radical (unpaired) electrons. The molecule has 4 nitrogen and oxygen atoms in total. The number of benzene rings is 1. The molecule has 0 aliphatic heterocycles. The molecule has 0 fully saturated rings. The molecule has 2 heterocycles. The van der Waals surface area contributed by atoms with Crippen LogP contribution < -0.4 is 0 Å². The topological polar surface area (TPSA) is 47.8 Å². The molecule has 0 atom stereocenters. The Morgan fingerprint density at radius 1 is 0.962 bits per heavy atom. The minimum absolute atomic E-state index is 0.0822. The summed E-state index contributed by atoms with van der Waals surface area (Å²) in [7, 11) is 0. The molecule has 3 rings (SSSR count). The molecule has 26 heavy (non-hydrogen) atoms. The fourth-order valence-electron chi connectivity index (χ4n) is 3.50. The molecule has 0 aliphatic rings. The fourth-order valence-corrected chi connectivity index (χ4v) is 3.50. The first-order valence-electron chi connectivity index (χ1n) is 8.74. The van der Waals surface area contributed by atoms with E-state index in [1.165, 1.54) is 18.1 Å². The highest BCUT2D eigenvalue weighted by atomic mass is 16.5. The lowest BCUT2D eigenvalue weighted by Gasteiger charge is -2.12. The summed E-state index contributed by atoms with van der Waals surface area (Å²) >= 11 is 0. The molecule has 0 saturated carbocycles. The zero-order chi connectivity index (χ0) is 19.0. The number of aryl methyl sites for hydroxylation is 2. The van der Waals surface area contributed by atoms with E-state index in [0.717, 1.165) is 16.6 Å². The van der Waals surface area contributed by atoms with E-state index < -0.39 is 5.97 Å². The van der Waals surface area contributed by atoms with Crippen LogP contribution in [0.2, 0.25) is 0 Å². The predicted molar refractivity (Wildman–Crippen MR) is 103 cm³/mol. The Bertz CT molecular complexity index is 1010. The Morgan fingerprint density at radius 2 is 1.62 bits per heavy atom. The third kappa shape index (κ3) is 3.15. The number of carbonyl (C=O) groups is 2. The maximum atomic E-state index is 12.3. The van der Waals surface area contributed by atoms with Gasteiger partial charge in [-0.05, 0) is 51.0 Å². The monoisotopic (exact) mass is 349 g/mol. The van der Waals surface area contributed by atoms with Gasteiger partial charge in [-0.1, -0.05) is 29.3 Å². The standard InChI is InChI=1S/C22H23NO3/c1-6-26-22(25)20-11-19-10-18(17-8-13(2)7-14(3)9-17)12-23(19)21(15(20)4)16(5)24/h7-12H,6H2,1-5H3. The Hall–Kier alpha value is -2.88. The van der Waals surface area contributed by atoms with Crippen LogP contribution in [0, 0.1) is 20.8 Å². The van der Waals surface area contributed by atoms with Gasteiger partial charge >= 0.3 is 5.97 Å². The predicted octanol–water partition coefficient (Wildman–Crippen LogP) is 4.91. The number of ether oxygens (including phenoxy) is 1. The molecular formula is C22H23NO3. The average molecular weight is 349 g/mol. The van der Waals surface area contributed by atoms with Crippen LogP contribution in [-0.2, 0) is 4.74 Å². The van der Waals surface area contributed by atoms with Gasteiger partial charge in [0.25, 0.3) is 0 Å². The quantitative estimate of drug-likeness (QED) is 0.497. The van der Waals surface area contributed by atoms with Crippen molar-refractivity contribution < 1.29 is 14.3 Å². The highest BCUT2D eigenvalue weighted by Crippen LogP contribution is 2.28. The summed E-state index contributed by atoms with van der Waals surface area (Å²) in [4.78, 5) is 24.6. The van der Waals surface area contributed by atoms with Gasteiger partial charge in [0.15, 0.2) is 5.78 Å². The number of pyridine rings is 1. The minimum atomic E-state index is -0.399. The van der Waals surface area contributed by atoms with E-state index in [1.54, 1.807) is 19.9 Å². The number of rotatable bonds is 4. The van der Waals surface area contributed by atoms with Crippen LogP contribution in [0.3, 0.4) is 0 Å². The summed E-state index contributed by atoms with van der Waals surface area (Å²) < 4.78 is 7.02. The minimum Gasteiger partial charge on any atom is -0.462 e. The summed E-state index contributed by atoms with van der Waals surface area (Å²) in [6, 6.07) is 10.2. The third-order valence-electron chi connectivity index (χ3n) is 4.53. The lowest BCUT2D eigenvalue weighted by Crippen LogP contribution is -2.13. The Labute approximate surface area is 153 Å². The molecule has 2 aromatic heterocycles. The second-order valence-electron chi connectivity index (χ2n) is 6.71. The molecule has 0 saturated heterocycles. The van der Waals surface area contributed by atoms with Crippen molar-refractivity contribution in [1.29, 1.82) is 0 Å². The molecule has 1 aromatic carbocycles. The Balaban J connectivity index is 2.27. The Morgan fingerprint density at radius 3 is 2.19 bits per heavy atom. The molecule has 0 spiro atoms. The van der Waals surface area contributed by atoms with Gasteiger partial charge in [-0.15, -0.1) is 0 Å². The number of hydrogen-bond acceptors (Lipinski definition) is 3. The van der Waals surface area contributed by atoms with Gasteiger partial charge in [0, 0.05) is 24.2 Å². The van der Waals surface area contributed by atoms with E-state index in [1.807, 2.05) is 16.7 Å². The zero-order valence-electron chi connectivity index (χ0n) is 15.8. The van der Waals surface area contributed by atoms with E-state index in [-0.39, 0.29) is 5.78 Å². The number of hydrogen-bond donors (Lipinski definition) is 0. The number of carbonyl (C=O) groups excluding carboxylic acids is 2. The number of fused-ring (bicyclic) bond motifs is 1. The van der Waals surface area contributed by atoms with Crippen LogP contribution >= 0.6 is 0 Å². The summed E-state index contributed by atoms with van der Waals surface area (Å²) in [6.45, 7) is 9.51. The van der Waals surface area contributed by atoms with Crippen LogP contribution in [0.4, 0.5) is 0 Å². The van der Waals surface area contributed by atoms with E-state index in [0.29, 0.717) is 23.4 Å². The van der Waals surface area contributed by atoms with Crippen molar-refractivity contribution in [1.82, 2.24) is 4.40 Å². The second-order valence-corrected chi connectivity index (χ2v) is 6.71. The summed E-state index contributed by atoms with van der Waals surface area (Å²) in [5.41, 5.74) is 6.88. The van der Waals surface area contributed by atoms with Crippen molar-refractivity contribution in [3.05, 3.63) is 64.5 Å². The van der Waals surface area contributed by atoms with Gasteiger partial charge in [0.1, 0.15) is 0 Å². The third-order valence-corrected chi connectivity index (χ3v) is 4.53. The molecule has 4 heteroatoms. The molecule has 0 N–H and O–H groups in total. The zero-order valence-corrected chi connectivity index (χ0v) is 15.8. The first-order chi connectivity index (χ1) is 12.3. The Kier molecular flexibility index (Phi) is 4.68.